The van der Waals surface area contributed by atoms with Crippen molar-refractivity contribution >= 4 is 34.9 Å². The number of halogens is 1. The molecule has 0 spiro atoms. The monoisotopic (exact) mass is 271 g/mol. The highest BCUT2D eigenvalue weighted by Crippen LogP contribution is 2.31. The first-order valence-electron chi connectivity index (χ1n) is 5.98. The standard InChI is InChI=1S/C12H18ClN3S/c1-2-17-10-4-3-9(7-10)15-12-6-8(14)5-11(13)16-12/h5-6,9-10H,2-4,7H2,1H3,(H3,14,15,16). The Morgan fingerprint density at radius 2 is 2.35 bits per heavy atom. The Morgan fingerprint density at radius 1 is 1.53 bits per heavy atom. The fourth-order valence-corrected chi connectivity index (χ4v) is 3.62. The molecule has 2 atom stereocenters. The number of nitrogen functional groups attached to an aromatic ring is 1. The van der Waals surface area contributed by atoms with Gasteiger partial charge in [-0.15, -0.1) is 0 Å². The molecule has 1 saturated carbocycles. The summed E-state index contributed by atoms with van der Waals surface area (Å²) in [6, 6.07) is 4.01. The normalized spacial score (nSPS) is 23.9. The van der Waals surface area contributed by atoms with Gasteiger partial charge in [-0.3, -0.25) is 0 Å². The topological polar surface area (TPSA) is 50.9 Å². The molecule has 0 bridgehead atoms. The SMILES string of the molecule is CCSC1CCC(Nc2cc(N)cc(Cl)n2)C1. The maximum Gasteiger partial charge on any atom is 0.133 e. The first-order chi connectivity index (χ1) is 8.17. The zero-order chi connectivity index (χ0) is 12.3. The molecule has 2 unspecified atom stereocenters. The minimum absolute atomic E-state index is 0.449. The average molecular weight is 272 g/mol. The van der Waals surface area contributed by atoms with Gasteiger partial charge >= 0.3 is 0 Å². The van der Waals surface area contributed by atoms with E-state index < -0.39 is 0 Å². The van der Waals surface area contributed by atoms with Gasteiger partial charge in [-0.05, 0) is 31.1 Å². The molecule has 3 N–H and O–H groups in total. The van der Waals surface area contributed by atoms with E-state index in [1.165, 1.54) is 25.0 Å². The van der Waals surface area contributed by atoms with E-state index in [1.54, 1.807) is 6.07 Å². The molecule has 5 heteroatoms. The van der Waals surface area contributed by atoms with E-state index in [2.05, 4.69) is 17.2 Å². The summed E-state index contributed by atoms with van der Waals surface area (Å²) in [4.78, 5) is 4.24. The van der Waals surface area contributed by atoms with Crippen LogP contribution in [0.15, 0.2) is 12.1 Å². The van der Waals surface area contributed by atoms with Crippen molar-refractivity contribution < 1.29 is 0 Å². The van der Waals surface area contributed by atoms with E-state index >= 15 is 0 Å². The summed E-state index contributed by atoms with van der Waals surface area (Å²) in [6.45, 7) is 2.21. The van der Waals surface area contributed by atoms with Crippen LogP contribution in [0.3, 0.4) is 0 Å². The average Bonchev–Trinajstić information content (AvgIpc) is 2.64. The number of anilines is 2. The number of aromatic nitrogens is 1. The van der Waals surface area contributed by atoms with Gasteiger partial charge in [0.1, 0.15) is 11.0 Å². The molecule has 1 aromatic rings. The van der Waals surface area contributed by atoms with Crippen LogP contribution < -0.4 is 11.1 Å². The molecule has 1 heterocycles. The van der Waals surface area contributed by atoms with Crippen LogP contribution in [-0.2, 0) is 0 Å². The van der Waals surface area contributed by atoms with Crippen molar-refractivity contribution in [2.75, 3.05) is 16.8 Å². The first-order valence-corrected chi connectivity index (χ1v) is 7.41. The molecule has 0 amide bonds. The molecular weight excluding hydrogens is 254 g/mol. The highest BCUT2D eigenvalue weighted by molar-refractivity contribution is 7.99. The zero-order valence-corrected chi connectivity index (χ0v) is 11.5. The van der Waals surface area contributed by atoms with E-state index in [0.717, 1.165) is 11.1 Å². The maximum absolute atomic E-state index is 5.88. The maximum atomic E-state index is 5.88. The lowest BCUT2D eigenvalue weighted by Crippen LogP contribution is -2.17. The smallest absolute Gasteiger partial charge is 0.133 e. The van der Waals surface area contributed by atoms with Crippen LogP contribution in [0.25, 0.3) is 0 Å². The molecule has 1 fully saturated rings. The second-order valence-corrected chi connectivity index (χ2v) is 6.30. The van der Waals surface area contributed by atoms with Crippen molar-refractivity contribution in [2.45, 2.75) is 37.5 Å². The van der Waals surface area contributed by atoms with E-state index in [1.807, 2.05) is 17.8 Å². The van der Waals surface area contributed by atoms with Gasteiger partial charge in [-0.25, -0.2) is 4.98 Å². The molecule has 1 aromatic heterocycles. The van der Waals surface area contributed by atoms with Gasteiger partial charge in [0.2, 0.25) is 0 Å². The van der Waals surface area contributed by atoms with Crippen LogP contribution in [-0.4, -0.2) is 22.0 Å². The van der Waals surface area contributed by atoms with E-state index in [4.69, 9.17) is 17.3 Å². The summed E-state index contributed by atoms with van der Waals surface area (Å²) in [5.74, 6) is 1.99. The van der Waals surface area contributed by atoms with Crippen molar-refractivity contribution in [3.05, 3.63) is 17.3 Å². The summed E-state index contributed by atoms with van der Waals surface area (Å²) in [7, 11) is 0. The van der Waals surface area contributed by atoms with Gasteiger partial charge in [-0.2, -0.15) is 11.8 Å². The van der Waals surface area contributed by atoms with Gasteiger partial charge in [0.05, 0.1) is 0 Å². The molecule has 94 valence electrons. The predicted octanol–water partition coefficient (Wildman–Crippen LogP) is 3.40. The lowest BCUT2D eigenvalue weighted by Gasteiger charge is -2.14. The third-order valence-electron chi connectivity index (χ3n) is 2.96. The van der Waals surface area contributed by atoms with Crippen LogP contribution in [0, 0.1) is 0 Å². The molecule has 0 aliphatic heterocycles. The number of rotatable bonds is 4. The lowest BCUT2D eigenvalue weighted by atomic mass is 10.2. The quantitative estimate of drug-likeness (QED) is 0.824. The first kappa shape index (κ1) is 12.8. The van der Waals surface area contributed by atoms with Crippen LogP contribution in [0.1, 0.15) is 26.2 Å². The number of pyridine rings is 1. The predicted molar refractivity (Wildman–Crippen MR) is 76.8 cm³/mol. The molecule has 0 saturated heterocycles. The van der Waals surface area contributed by atoms with Crippen molar-refractivity contribution in [1.82, 2.24) is 4.98 Å². The molecular formula is C12H18ClN3S. The number of hydrogen-bond acceptors (Lipinski definition) is 4. The minimum Gasteiger partial charge on any atom is -0.399 e. The highest BCUT2D eigenvalue weighted by Gasteiger charge is 2.24. The molecule has 3 nitrogen and oxygen atoms in total. The minimum atomic E-state index is 0.449. The van der Waals surface area contributed by atoms with Crippen molar-refractivity contribution in [3.8, 4) is 0 Å². The Hall–Kier alpha value is -0.610. The van der Waals surface area contributed by atoms with Gasteiger partial charge in [0, 0.05) is 23.0 Å². The Bertz CT molecular complexity index is 366. The Labute approximate surface area is 112 Å². The van der Waals surface area contributed by atoms with Crippen LogP contribution in [0.5, 0.6) is 0 Å². The fourth-order valence-electron chi connectivity index (χ4n) is 2.26. The van der Waals surface area contributed by atoms with Crippen molar-refractivity contribution in [3.63, 3.8) is 0 Å². The summed E-state index contributed by atoms with van der Waals surface area (Å²) in [5.41, 5.74) is 6.40. The van der Waals surface area contributed by atoms with Gasteiger partial charge in [-0.1, -0.05) is 18.5 Å². The van der Waals surface area contributed by atoms with E-state index in [-0.39, 0.29) is 0 Å². The number of nitrogens with two attached hydrogens (primary N) is 1. The zero-order valence-electron chi connectivity index (χ0n) is 9.95. The third-order valence-corrected chi connectivity index (χ3v) is 4.38. The molecule has 0 radical (unpaired) electrons. The molecule has 1 aliphatic carbocycles. The van der Waals surface area contributed by atoms with E-state index in [0.29, 0.717) is 16.9 Å². The summed E-state index contributed by atoms with van der Waals surface area (Å²) < 4.78 is 0. The van der Waals surface area contributed by atoms with Gasteiger partial charge in [0.25, 0.3) is 0 Å². The van der Waals surface area contributed by atoms with Crippen LogP contribution >= 0.6 is 23.4 Å². The Balaban J connectivity index is 1.93. The van der Waals surface area contributed by atoms with Gasteiger partial charge in [0.15, 0.2) is 0 Å². The van der Waals surface area contributed by atoms with E-state index in [9.17, 15) is 0 Å². The third kappa shape index (κ3) is 3.68. The van der Waals surface area contributed by atoms with Gasteiger partial charge < -0.3 is 11.1 Å². The summed E-state index contributed by atoms with van der Waals surface area (Å²) in [6.07, 6.45) is 3.69. The largest absolute Gasteiger partial charge is 0.399 e. The molecule has 17 heavy (non-hydrogen) atoms. The number of nitrogens with one attached hydrogen (secondary N) is 1. The fraction of sp³-hybridized carbons (Fsp3) is 0.583. The molecule has 1 aliphatic rings. The summed E-state index contributed by atoms with van der Waals surface area (Å²) in [5, 5.41) is 4.66. The number of nitrogens with zero attached hydrogens (tertiary/aromatic N) is 1. The molecule has 0 aromatic carbocycles. The van der Waals surface area contributed by atoms with Crippen LogP contribution in [0.4, 0.5) is 11.5 Å². The Kier molecular flexibility index (Phi) is 4.40. The highest BCUT2D eigenvalue weighted by atomic mass is 35.5. The number of hydrogen-bond donors (Lipinski definition) is 2. The van der Waals surface area contributed by atoms with Crippen molar-refractivity contribution in [1.29, 1.82) is 0 Å². The Morgan fingerprint density at radius 3 is 3.06 bits per heavy atom. The second kappa shape index (κ2) is 5.83. The number of thioether (sulfide) groups is 1. The van der Waals surface area contributed by atoms with Crippen LogP contribution in [0.2, 0.25) is 5.15 Å². The van der Waals surface area contributed by atoms with Crippen molar-refractivity contribution in [2.24, 2.45) is 0 Å². The lowest BCUT2D eigenvalue weighted by molar-refractivity contribution is 0.752. The molecule has 2 rings (SSSR count). The second-order valence-electron chi connectivity index (χ2n) is 4.34. The summed E-state index contributed by atoms with van der Waals surface area (Å²) >= 11 is 7.93.